The second-order valence-electron chi connectivity index (χ2n) is 7.03. The highest BCUT2D eigenvalue weighted by Crippen LogP contribution is 2.33. The number of fused-ring (bicyclic) bond motifs is 1. The van der Waals surface area contributed by atoms with Crippen molar-refractivity contribution >= 4 is 16.9 Å². The summed E-state index contributed by atoms with van der Waals surface area (Å²) in [6.45, 7) is 2.57. The maximum Gasteiger partial charge on any atom is 0.254 e. The number of amides is 1. The molecule has 0 radical (unpaired) electrons. The highest BCUT2D eigenvalue weighted by atomic mass is 16.5. The van der Waals surface area contributed by atoms with E-state index < -0.39 is 0 Å². The van der Waals surface area contributed by atoms with E-state index in [4.69, 9.17) is 4.52 Å². The van der Waals surface area contributed by atoms with Gasteiger partial charge in [0.2, 0.25) is 11.7 Å². The Morgan fingerprint density at radius 1 is 1.18 bits per heavy atom. The van der Waals surface area contributed by atoms with Crippen LogP contribution in [0.4, 0.5) is 0 Å². The van der Waals surface area contributed by atoms with Gasteiger partial charge >= 0.3 is 0 Å². The molecule has 2 aromatic carbocycles. The number of hydrogen-bond acceptors (Lipinski definition) is 5. The summed E-state index contributed by atoms with van der Waals surface area (Å²) >= 11 is 0. The summed E-state index contributed by atoms with van der Waals surface area (Å²) in [5.74, 6) is 1.83. The first kappa shape index (κ1) is 16.7. The fraction of sp³-hybridized carbons (Fsp3) is 0.238. The summed E-state index contributed by atoms with van der Waals surface area (Å²) in [6, 6.07) is 15.0. The zero-order valence-corrected chi connectivity index (χ0v) is 15.4. The van der Waals surface area contributed by atoms with Crippen molar-refractivity contribution in [1.82, 2.24) is 25.0 Å². The summed E-state index contributed by atoms with van der Waals surface area (Å²) in [6.07, 6.45) is 1.72. The lowest BCUT2D eigenvalue weighted by Gasteiger charge is -2.21. The van der Waals surface area contributed by atoms with Crippen LogP contribution < -0.4 is 0 Å². The number of nitrogens with zero attached hydrogens (tertiary/aromatic N) is 4. The minimum atomic E-state index is -0.198. The van der Waals surface area contributed by atoms with Gasteiger partial charge in [-0.3, -0.25) is 4.79 Å². The molecular weight excluding hydrogens is 354 g/mol. The van der Waals surface area contributed by atoms with Crippen molar-refractivity contribution in [3.05, 3.63) is 65.8 Å². The SMILES string of the molecule is Cc1nc2ccc(C(=O)N3CCC[C@H]3c3nc(-c4ccccc4)no3)cc2[nH]1. The molecule has 5 rings (SSSR count). The quantitative estimate of drug-likeness (QED) is 0.588. The number of carbonyl (C=O) groups is 1. The smallest absolute Gasteiger partial charge is 0.254 e. The Labute approximate surface area is 161 Å². The number of rotatable bonds is 3. The maximum absolute atomic E-state index is 13.2. The van der Waals surface area contributed by atoms with Gasteiger partial charge in [-0.25, -0.2) is 4.98 Å². The third-order valence-electron chi connectivity index (χ3n) is 5.12. The van der Waals surface area contributed by atoms with Gasteiger partial charge in [0.1, 0.15) is 11.9 Å². The molecule has 0 saturated carbocycles. The van der Waals surface area contributed by atoms with E-state index in [1.165, 1.54) is 0 Å². The van der Waals surface area contributed by atoms with Gasteiger partial charge in [-0.1, -0.05) is 35.5 Å². The summed E-state index contributed by atoms with van der Waals surface area (Å²) in [7, 11) is 0. The first-order valence-electron chi connectivity index (χ1n) is 9.35. The number of hydrogen-bond donors (Lipinski definition) is 1. The molecule has 0 bridgehead atoms. The van der Waals surface area contributed by atoms with Crippen LogP contribution in [0.25, 0.3) is 22.4 Å². The second kappa shape index (κ2) is 6.60. The highest BCUT2D eigenvalue weighted by Gasteiger charge is 2.34. The Bertz CT molecular complexity index is 1150. The van der Waals surface area contributed by atoms with Gasteiger partial charge in [-0.05, 0) is 38.0 Å². The van der Waals surface area contributed by atoms with Crippen molar-refractivity contribution in [3.8, 4) is 11.4 Å². The van der Waals surface area contributed by atoms with Gasteiger partial charge in [0.05, 0.1) is 11.0 Å². The Morgan fingerprint density at radius 2 is 2.04 bits per heavy atom. The molecule has 140 valence electrons. The Kier molecular flexibility index (Phi) is 3.93. The average Bonchev–Trinajstić information content (AvgIpc) is 3.45. The first-order chi connectivity index (χ1) is 13.7. The van der Waals surface area contributed by atoms with Crippen LogP contribution in [0.5, 0.6) is 0 Å². The van der Waals surface area contributed by atoms with Gasteiger partial charge in [-0.2, -0.15) is 4.98 Å². The van der Waals surface area contributed by atoms with Crippen LogP contribution in [0.1, 0.15) is 41.0 Å². The largest absolute Gasteiger partial charge is 0.342 e. The van der Waals surface area contributed by atoms with Gasteiger partial charge in [-0.15, -0.1) is 0 Å². The number of likely N-dealkylation sites (tertiary alicyclic amines) is 1. The molecule has 0 aliphatic carbocycles. The monoisotopic (exact) mass is 373 g/mol. The molecule has 1 fully saturated rings. The van der Waals surface area contributed by atoms with Gasteiger partial charge in [0, 0.05) is 17.7 Å². The van der Waals surface area contributed by atoms with Crippen LogP contribution in [0, 0.1) is 6.92 Å². The first-order valence-corrected chi connectivity index (χ1v) is 9.35. The topological polar surface area (TPSA) is 87.9 Å². The van der Waals surface area contributed by atoms with Crippen molar-refractivity contribution in [2.24, 2.45) is 0 Å². The van der Waals surface area contributed by atoms with E-state index >= 15 is 0 Å². The molecule has 1 atom stereocenters. The predicted molar refractivity (Wildman–Crippen MR) is 104 cm³/mol. The number of aromatic amines is 1. The standard InChI is InChI=1S/C21H19N5O2/c1-13-22-16-10-9-15(12-17(16)23-13)21(27)26-11-5-8-18(26)20-24-19(25-28-20)14-6-3-2-4-7-14/h2-4,6-7,9-10,12,18H,5,8,11H2,1H3,(H,22,23)/t18-/m0/s1. The minimum Gasteiger partial charge on any atom is -0.342 e. The van der Waals surface area contributed by atoms with E-state index in [-0.39, 0.29) is 11.9 Å². The molecule has 0 spiro atoms. The summed E-state index contributed by atoms with van der Waals surface area (Å²) < 4.78 is 5.52. The van der Waals surface area contributed by atoms with Crippen LogP contribution in [0.3, 0.4) is 0 Å². The number of H-pyrrole nitrogens is 1. The van der Waals surface area contributed by atoms with Crippen molar-refractivity contribution in [1.29, 1.82) is 0 Å². The molecule has 1 amide bonds. The predicted octanol–water partition coefficient (Wildman–Crippen LogP) is 3.90. The number of benzene rings is 2. The number of carbonyl (C=O) groups excluding carboxylic acids is 1. The third kappa shape index (κ3) is 2.85. The minimum absolute atomic E-state index is 0.0314. The normalized spacial score (nSPS) is 16.8. The summed E-state index contributed by atoms with van der Waals surface area (Å²) in [4.78, 5) is 27.1. The Morgan fingerprint density at radius 3 is 2.89 bits per heavy atom. The number of aryl methyl sites for hydroxylation is 1. The Balaban J connectivity index is 1.43. The number of nitrogens with one attached hydrogen (secondary N) is 1. The van der Waals surface area contributed by atoms with E-state index in [9.17, 15) is 4.79 Å². The summed E-state index contributed by atoms with van der Waals surface area (Å²) in [5, 5.41) is 4.10. The molecule has 7 nitrogen and oxygen atoms in total. The molecule has 0 unspecified atom stereocenters. The zero-order valence-electron chi connectivity index (χ0n) is 15.4. The molecule has 28 heavy (non-hydrogen) atoms. The van der Waals surface area contributed by atoms with E-state index in [1.54, 1.807) is 0 Å². The lowest BCUT2D eigenvalue weighted by molar-refractivity contribution is 0.0710. The lowest BCUT2D eigenvalue weighted by Crippen LogP contribution is -2.30. The summed E-state index contributed by atoms with van der Waals surface area (Å²) in [5.41, 5.74) is 3.25. The molecular formula is C21H19N5O2. The van der Waals surface area contributed by atoms with E-state index in [2.05, 4.69) is 20.1 Å². The fourth-order valence-electron chi connectivity index (χ4n) is 3.78. The van der Waals surface area contributed by atoms with Crippen molar-refractivity contribution < 1.29 is 9.32 Å². The second-order valence-corrected chi connectivity index (χ2v) is 7.03. The molecule has 4 aromatic rings. The van der Waals surface area contributed by atoms with Crippen molar-refractivity contribution in [2.45, 2.75) is 25.8 Å². The molecule has 1 saturated heterocycles. The van der Waals surface area contributed by atoms with Crippen LogP contribution >= 0.6 is 0 Å². The molecule has 1 N–H and O–H groups in total. The van der Waals surface area contributed by atoms with Crippen LogP contribution in [0.2, 0.25) is 0 Å². The molecule has 1 aliphatic heterocycles. The fourth-order valence-corrected chi connectivity index (χ4v) is 3.78. The van der Waals surface area contributed by atoms with E-state index in [0.717, 1.165) is 35.3 Å². The molecule has 1 aliphatic rings. The van der Waals surface area contributed by atoms with Gasteiger partial charge in [0.25, 0.3) is 5.91 Å². The highest BCUT2D eigenvalue weighted by molar-refractivity contribution is 5.97. The Hall–Kier alpha value is -3.48. The molecule has 2 aromatic heterocycles. The van der Waals surface area contributed by atoms with Gasteiger partial charge < -0.3 is 14.4 Å². The molecule has 3 heterocycles. The number of imidazole rings is 1. The zero-order chi connectivity index (χ0) is 19.1. The number of aromatic nitrogens is 4. The van der Waals surface area contributed by atoms with Crippen LogP contribution in [0.15, 0.2) is 53.1 Å². The maximum atomic E-state index is 13.2. The average molecular weight is 373 g/mol. The van der Waals surface area contributed by atoms with Crippen LogP contribution in [-0.4, -0.2) is 37.5 Å². The van der Waals surface area contributed by atoms with E-state index in [0.29, 0.717) is 23.8 Å². The molecule has 7 heteroatoms. The van der Waals surface area contributed by atoms with Gasteiger partial charge in [0.15, 0.2) is 0 Å². The van der Waals surface area contributed by atoms with E-state index in [1.807, 2.05) is 60.4 Å². The van der Waals surface area contributed by atoms with Crippen LogP contribution in [-0.2, 0) is 0 Å². The third-order valence-corrected chi connectivity index (χ3v) is 5.12. The van der Waals surface area contributed by atoms with Crippen molar-refractivity contribution in [2.75, 3.05) is 6.54 Å². The van der Waals surface area contributed by atoms with Crippen molar-refractivity contribution in [3.63, 3.8) is 0 Å². The lowest BCUT2D eigenvalue weighted by atomic mass is 10.1.